The number of nitrogens with zero attached hydrogens (tertiary/aromatic N) is 3. The summed E-state index contributed by atoms with van der Waals surface area (Å²) < 4.78 is 1.85. The van der Waals surface area contributed by atoms with E-state index in [0.717, 1.165) is 27.3 Å². The molecule has 0 radical (unpaired) electrons. The summed E-state index contributed by atoms with van der Waals surface area (Å²) in [5, 5.41) is 7.54. The molecule has 0 atom stereocenters. The first-order valence-corrected chi connectivity index (χ1v) is 9.86. The highest BCUT2D eigenvalue weighted by atomic mass is 16.2. The summed E-state index contributed by atoms with van der Waals surface area (Å²) in [4.78, 5) is 36.8. The van der Waals surface area contributed by atoms with Crippen molar-refractivity contribution in [2.45, 2.75) is 25.9 Å². The molecule has 0 bridgehead atoms. The molecule has 30 heavy (non-hydrogen) atoms. The molecule has 4 rings (SSSR count). The predicted molar refractivity (Wildman–Crippen MR) is 111 cm³/mol. The first-order valence-electron chi connectivity index (χ1n) is 9.86. The summed E-state index contributed by atoms with van der Waals surface area (Å²) in [6, 6.07) is 19.8. The molecule has 152 valence electrons. The maximum absolute atomic E-state index is 12.3. The van der Waals surface area contributed by atoms with Gasteiger partial charge in [-0.15, -0.1) is 0 Å². The Balaban J connectivity index is 1.50. The van der Waals surface area contributed by atoms with Crippen LogP contribution in [0.1, 0.15) is 24.0 Å². The molecule has 3 aromatic rings. The number of benzene rings is 2. The summed E-state index contributed by atoms with van der Waals surface area (Å²) in [7, 11) is 0. The Hall–Kier alpha value is -3.74. The molecule has 2 aromatic carbocycles. The lowest BCUT2D eigenvalue weighted by molar-refractivity contribution is -0.142. The highest BCUT2D eigenvalue weighted by Crippen LogP contribution is 2.22. The SMILES string of the molecule is O=C(CN1C(=O)CCC1=O)NCc1cn(Cc2ccccc2)nc1-c1ccccc1. The standard InChI is InChI=1S/C23H22N4O3/c28-20(16-27-21(29)11-12-22(27)30)24-13-19-15-26(14-17-7-3-1-4-8-17)25-23(19)18-9-5-2-6-10-18/h1-10,15H,11-14,16H2,(H,24,28). The van der Waals surface area contributed by atoms with Crippen LogP contribution in [0.5, 0.6) is 0 Å². The third kappa shape index (κ3) is 4.46. The normalized spacial score (nSPS) is 13.7. The minimum atomic E-state index is -0.367. The zero-order chi connectivity index (χ0) is 20.9. The van der Waals surface area contributed by atoms with E-state index in [2.05, 4.69) is 5.32 Å². The molecule has 3 amide bonds. The van der Waals surface area contributed by atoms with Gasteiger partial charge in [0.05, 0.1) is 12.2 Å². The molecule has 1 aliphatic rings. The van der Waals surface area contributed by atoms with E-state index in [0.29, 0.717) is 6.54 Å². The largest absolute Gasteiger partial charge is 0.350 e. The lowest BCUT2D eigenvalue weighted by Crippen LogP contribution is -2.39. The van der Waals surface area contributed by atoms with Gasteiger partial charge in [0, 0.05) is 36.7 Å². The van der Waals surface area contributed by atoms with Crippen LogP contribution in [0, 0.1) is 0 Å². The van der Waals surface area contributed by atoms with Crippen LogP contribution >= 0.6 is 0 Å². The van der Waals surface area contributed by atoms with Crippen LogP contribution in [0.15, 0.2) is 66.9 Å². The molecular weight excluding hydrogens is 380 g/mol. The molecular formula is C23H22N4O3. The van der Waals surface area contributed by atoms with E-state index in [1.165, 1.54) is 0 Å². The second kappa shape index (κ2) is 8.73. The number of amides is 3. The highest BCUT2D eigenvalue weighted by molar-refractivity contribution is 6.04. The minimum Gasteiger partial charge on any atom is -0.350 e. The summed E-state index contributed by atoms with van der Waals surface area (Å²) in [5.74, 6) is -0.958. The lowest BCUT2D eigenvalue weighted by atomic mass is 10.1. The van der Waals surface area contributed by atoms with Crippen molar-refractivity contribution in [3.05, 3.63) is 78.0 Å². The van der Waals surface area contributed by atoms with E-state index in [-0.39, 0.29) is 43.7 Å². The van der Waals surface area contributed by atoms with E-state index in [9.17, 15) is 14.4 Å². The summed E-state index contributed by atoms with van der Waals surface area (Å²) >= 11 is 0. The van der Waals surface area contributed by atoms with Crippen molar-refractivity contribution in [3.63, 3.8) is 0 Å². The molecule has 0 aliphatic carbocycles. The predicted octanol–water partition coefficient (Wildman–Crippen LogP) is 2.36. The second-order valence-electron chi connectivity index (χ2n) is 7.20. The summed E-state index contributed by atoms with van der Waals surface area (Å²) in [5.41, 5.74) is 3.74. The van der Waals surface area contributed by atoms with Gasteiger partial charge >= 0.3 is 0 Å². The van der Waals surface area contributed by atoms with Crippen molar-refractivity contribution in [1.82, 2.24) is 20.0 Å². The number of carbonyl (C=O) groups excluding carboxylic acids is 3. The molecule has 0 spiro atoms. The third-order valence-electron chi connectivity index (χ3n) is 5.00. The fourth-order valence-electron chi connectivity index (χ4n) is 3.48. The minimum absolute atomic E-state index is 0.177. The second-order valence-corrected chi connectivity index (χ2v) is 7.20. The quantitative estimate of drug-likeness (QED) is 0.615. The van der Waals surface area contributed by atoms with Crippen molar-refractivity contribution in [1.29, 1.82) is 0 Å². The number of rotatable bonds is 7. The van der Waals surface area contributed by atoms with Crippen molar-refractivity contribution >= 4 is 17.7 Å². The molecule has 7 nitrogen and oxygen atoms in total. The monoisotopic (exact) mass is 402 g/mol. The Kier molecular flexibility index (Phi) is 5.70. The Morgan fingerprint density at radius 3 is 2.23 bits per heavy atom. The smallest absolute Gasteiger partial charge is 0.240 e. The van der Waals surface area contributed by atoms with E-state index in [1.807, 2.05) is 71.5 Å². The lowest BCUT2D eigenvalue weighted by Gasteiger charge is -2.13. The van der Waals surface area contributed by atoms with Gasteiger partial charge in [-0.2, -0.15) is 5.10 Å². The molecule has 1 aliphatic heterocycles. The number of aromatic nitrogens is 2. The molecule has 0 unspecified atom stereocenters. The zero-order valence-electron chi connectivity index (χ0n) is 16.5. The van der Waals surface area contributed by atoms with Crippen molar-refractivity contribution in [2.75, 3.05) is 6.54 Å². The van der Waals surface area contributed by atoms with Crippen LogP contribution in [0.2, 0.25) is 0 Å². The van der Waals surface area contributed by atoms with Crippen LogP contribution in [0.4, 0.5) is 0 Å². The molecule has 1 aromatic heterocycles. The molecule has 1 N–H and O–H groups in total. The van der Waals surface area contributed by atoms with Crippen molar-refractivity contribution in [3.8, 4) is 11.3 Å². The number of likely N-dealkylation sites (tertiary alicyclic amines) is 1. The van der Waals surface area contributed by atoms with E-state index < -0.39 is 0 Å². The van der Waals surface area contributed by atoms with E-state index in [1.54, 1.807) is 0 Å². The number of nitrogens with one attached hydrogen (secondary N) is 1. The molecule has 2 heterocycles. The van der Waals surface area contributed by atoms with Crippen LogP contribution in [0.3, 0.4) is 0 Å². The van der Waals surface area contributed by atoms with Gasteiger partial charge < -0.3 is 5.32 Å². The average molecular weight is 402 g/mol. The third-order valence-corrected chi connectivity index (χ3v) is 5.00. The number of imide groups is 1. The molecule has 1 saturated heterocycles. The fourth-order valence-corrected chi connectivity index (χ4v) is 3.48. The Morgan fingerprint density at radius 1 is 0.933 bits per heavy atom. The van der Waals surface area contributed by atoms with E-state index in [4.69, 9.17) is 5.10 Å². The van der Waals surface area contributed by atoms with Crippen molar-refractivity contribution < 1.29 is 14.4 Å². The van der Waals surface area contributed by atoms with Gasteiger partial charge in [-0.05, 0) is 5.56 Å². The maximum atomic E-state index is 12.3. The van der Waals surface area contributed by atoms with Gasteiger partial charge in [0.2, 0.25) is 17.7 Å². The van der Waals surface area contributed by atoms with Gasteiger partial charge in [0.25, 0.3) is 0 Å². The maximum Gasteiger partial charge on any atom is 0.240 e. The van der Waals surface area contributed by atoms with Gasteiger partial charge in [-0.25, -0.2) is 0 Å². The number of carbonyl (C=O) groups is 3. The summed E-state index contributed by atoms with van der Waals surface area (Å²) in [6.45, 7) is 0.635. The van der Waals surface area contributed by atoms with Crippen LogP contribution in [0.25, 0.3) is 11.3 Å². The molecule has 1 fully saturated rings. The average Bonchev–Trinajstić information content (AvgIpc) is 3.31. The summed E-state index contributed by atoms with van der Waals surface area (Å²) in [6.07, 6.45) is 2.27. The fraction of sp³-hybridized carbons (Fsp3) is 0.217. The molecule has 7 heteroatoms. The number of hydrogen-bond acceptors (Lipinski definition) is 4. The molecule has 0 saturated carbocycles. The van der Waals surface area contributed by atoms with Gasteiger partial charge in [-0.1, -0.05) is 60.7 Å². The van der Waals surface area contributed by atoms with Gasteiger partial charge in [0.1, 0.15) is 6.54 Å². The Morgan fingerprint density at radius 2 is 1.57 bits per heavy atom. The highest BCUT2D eigenvalue weighted by Gasteiger charge is 2.30. The first-order chi connectivity index (χ1) is 14.6. The van der Waals surface area contributed by atoms with Gasteiger partial charge in [0.15, 0.2) is 0 Å². The first kappa shape index (κ1) is 19.6. The van der Waals surface area contributed by atoms with Crippen LogP contribution in [-0.2, 0) is 27.5 Å². The number of hydrogen-bond donors (Lipinski definition) is 1. The zero-order valence-corrected chi connectivity index (χ0v) is 16.5. The van der Waals surface area contributed by atoms with Crippen LogP contribution < -0.4 is 5.32 Å². The van der Waals surface area contributed by atoms with Crippen molar-refractivity contribution in [2.24, 2.45) is 0 Å². The Bertz CT molecular complexity index is 1040. The van der Waals surface area contributed by atoms with E-state index >= 15 is 0 Å². The van der Waals surface area contributed by atoms with Crippen LogP contribution in [-0.4, -0.2) is 38.9 Å². The Labute approximate surface area is 174 Å². The topological polar surface area (TPSA) is 84.3 Å². The van der Waals surface area contributed by atoms with Gasteiger partial charge in [-0.3, -0.25) is 24.0 Å².